The lowest BCUT2D eigenvalue weighted by molar-refractivity contribution is 0.101. The Morgan fingerprint density at radius 2 is 1.84 bits per heavy atom. The Labute approximate surface area is 181 Å². The van der Waals surface area contributed by atoms with E-state index in [1.807, 2.05) is 24.3 Å². The van der Waals surface area contributed by atoms with E-state index in [0.29, 0.717) is 18.8 Å². The van der Waals surface area contributed by atoms with E-state index in [0.717, 1.165) is 31.2 Å². The summed E-state index contributed by atoms with van der Waals surface area (Å²) in [7, 11) is -1.97. The number of rotatable bonds is 6. The molecule has 1 fully saturated rings. The van der Waals surface area contributed by atoms with Crippen LogP contribution >= 0.6 is 0 Å². The SMILES string of the molecule is CCc1ccc(-c2cc(NC(=O)c3cc(S(=O)(=O)N4CCCCC4)cn3C)on2)cc1. The van der Waals surface area contributed by atoms with E-state index in [9.17, 15) is 13.2 Å². The van der Waals surface area contributed by atoms with Gasteiger partial charge in [-0.25, -0.2) is 8.42 Å². The topological polar surface area (TPSA) is 97.4 Å². The molecule has 1 amide bonds. The van der Waals surface area contributed by atoms with Crippen molar-refractivity contribution in [2.45, 2.75) is 37.5 Å². The van der Waals surface area contributed by atoms with Crippen molar-refractivity contribution in [1.82, 2.24) is 14.0 Å². The number of carbonyl (C=O) groups excluding carboxylic acids is 1. The average molecular weight is 443 g/mol. The Kier molecular flexibility index (Phi) is 5.97. The quantitative estimate of drug-likeness (QED) is 0.628. The molecule has 1 aliphatic rings. The molecule has 0 bridgehead atoms. The second-order valence-corrected chi connectivity index (χ2v) is 9.66. The van der Waals surface area contributed by atoms with Gasteiger partial charge in [0.2, 0.25) is 15.9 Å². The molecule has 0 spiro atoms. The van der Waals surface area contributed by atoms with Crippen LogP contribution in [-0.2, 0) is 23.5 Å². The van der Waals surface area contributed by atoms with Gasteiger partial charge in [0, 0.05) is 38.0 Å². The van der Waals surface area contributed by atoms with Crippen LogP contribution in [0.25, 0.3) is 11.3 Å². The highest BCUT2D eigenvalue weighted by Crippen LogP contribution is 2.25. The number of aromatic nitrogens is 2. The number of carbonyl (C=O) groups is 1. The number of aryl methyl sites for hydroxylation is 2. The summed E-state index contributed by atoms with van der Waals surface area (Å²) < 4.78 is 34.0. The van der Waals surface area contributed by atoms with Crippen LogP contribution in [0, 0.1) is 0 Å². The van der Waals surface area contributed by atoms with Crippen molar-refractivity contribution < 1.29 is 17.7 Å². The van der Waals surface area contributed by atoms with Gasteiger partial charge in [0.25, 0.3) is 5.91 Å². The third kappa shape index (κ3) is 4.42. The van der Waals surface area contributed by atoms with E-state index in [1.54, 1.807) is 13.1 Å². The second-order valence-electron chi connectivity index (χ2n) is 7.72. The zero-order valence-corrected chi connectivity index (χ0v) is 18.5. The molecule has 31 heavy (non-hydrogen) atoms. The fourth-order valence-corrected chi connectivity index (χ4v) is 5.30. The van der Waals surface area contributed by atoms with Crippen molar-refractivity contribution in [3.63, 3.8) is 0 Å². The molecule has 4 rings (SSSR count). The lowest BCUT2D eigenvalue weighted by Gasteiger charge is -2.25. The molecule has 2 aromatic heterocycles. The fourth-order valence-electron chi connectivity index (χ4n) is 3.71. The smallest absolute Gasteiger partial charge is 0.274 e. The van der Waals surface area contributed by atoms with Gasteiger partial charge in [-0.1, -0.05) is 42.8 Å². The molecule has 164 valence electrons. The fraction of sp³-hybridized carbons (Fsp3) is 0.364. The highest BCUT2D eigenvalue weighted by molar-refractivity contribution is 7.89. The number of benzene rings is 1. The van der Waals surface area contributed by atoms with E-state index in [1.165, 1.54) is 26.7 Å². The van der Waals surface area contributed by atoms with Gasteiger partial charge in [0.05, 0.1) is 0 Å². The van der Waals surface area contributed by atoms with Crippen LogP contribution in [0.15, 0.2) is 52.0 Å². The van der Waals surface area contributed by atoms with E-state index >= 15 is 0 Å². The number of hydrogen-bond acceptors (Lipinski definition) is 5. The standard InChI is InChI=1S/C22H26N4O4S/c1-3-16-7-9-17(10-8-16)19-14-21(30-24-19)23-22(27)20-13-18(15-25(20)2)31(28,29)26-11-5-4-6-12-26/h7-10,13-15H,3-6,11-12H2,1-2H3,(H,23,27). The summed E-state index contributed by atoms with van der Waals surface area (Å²) in [6, 6.07) is 11.0. The largest absolute Gasteiger partial charge is 0.345 e. The van der Waals surface area contributed by atoms with Crippen LogP contribution in [0.1, 0.15) is 42.2 Å². The zero-order valence-electron chi connectivity index (χ0n) is 17.7. The van der Waals surface area contributed by atoms with Crippen molar-refractivity contribution in [2.75, 3.05) is 18.4 Å². The molecule has 0 saturated carbocycles. The molecule has 8 nitrogen and oxygen atoms in total. The van der Waals surface area contributed by atoms with Gasteiger partial charge in [-0.15, -0.1) is 0 Å². The van der Waals surface area contributed by atoms with Gasteiger partial charge < -0.3 is 9.09 Å². The van der Waals surface area contributed by atoms with Crippen molar-refractivity contribution in [3.05, 3.63) is 53.9 Å². The molecule has 0 unspecified atom stereocenters. The van der Waals surface area contributed by atoms with Gasteiger partial charge in [0.1, 0.15) is 16.3 Å². The molecule has 0 atom stereocenters. The first-order valence-corrected chi connectivity index (χ1v) is 11.9. The van der Waals surface area contributed by atoms with Crippen molar-refractivity contribution in [2.24, 2.45) is 7.05 Å². The summed E-state index contributed by atoms with van der Waals surface area (Å²) >= 11 is 0. The number of piperidine rings is 1. The Balaban J connectivity index is 1.50. The maximum Gasteiger partial charge on any atom is 0.274 e. The van der Waals surface area contributed by atoms with Crippen LogP contribution in [0.5, 0.6) is 0 Å². The normalized spacial score (nSPS) is 15.2. The second kappa shape index (κ2) is 8.68. The predicted octanol–water partition coefficient (Wildman–Crippen LogP) is 3.67. The van der Waals surface area contributed by atoms with Gasteiger partial charge in [-0.2, -0.15) is 4.31 Å². The molecule has 3 aromatic rings. The summed E-state index contributed by atoms with van der Waals surface area (Å²) in [5, 5.41) is 6.68. The van der Waals surface area contributed by atoms with Crippen LogP contribution in [0.4, 0.5) is 5.88 Å². The molecular formula is C22H26N4O4S. The van der Waals surface area contributed by atoms with Gasteiger partial charge in [-0.05, 0) is 30.9 Å². The van der Waals surface area contributed by atoms with Crippen LogP contribution in [0.2, 0.25) is 0 Å². The summed E-state index contributed by atoms with van der Waals surface area (Å²) in [6.07, 6.45) is 5.17. The minimum absolute atomic E-state index is 0.122. The molecule has 1 aliphatic heterocycles. The highest BCUT2D eigenvalue weighted by atomic mass is 32.2. The summed E-state index contributed by atoms with van der Waals surface area (Å²) in [6.45, 7) is 3.11. The molecule has 1 saturated heterocycles. The number of nitrogens with one attached hydrogen (secondary N) is 1. The first-order valence-electron chi connectivity index (χ1n) is 10.4. The average Bonchev–Trinajstić information content (AvgIpc) is 3.41. The molecule has 9 heteroatoms. The summed E-state index contributed by atoms with van der Waals surface area (Å²) in [5.74, 6) is -0.271. The Bertz CT molecular complexity index is 1170. The third-order valence-electron chi connectivity index (χ3n) is 5.57. The predicted molar refractivity (Wildman–Crippen MR) is 117 cm³/mol. The maximum absolute atomic E-state index is 12.9. The summed E-state index contributed by atoms with van der Waals surface area (Å²) in [5.41, 5.74) is 2.94. The van der Waals surface area contributed by atoms with E-state index in [2.05, 4.69) is 17.4 Å². The van der Waals surface area contributed by atoms with E-state index in [-0.39, 0.29) is 16.5 Å². The third-order valence-corrected chi connectivity index (χ3v) is 7.43. The minimum Gasteiger partial charge on any atom is -0.345 e. The number of nitrogens with zero attached hydrogens (tertiary/aromatic N) is 3. The number of amides is 1. The molecule has 0 aliphatic carbocycles. The molecule has 0 radical (unpaired) electrons. The van der Waals surface area contributed by atoms with Gasteiger partial charge in [-0.3, -0.25) is 10.1 Å². The lowest BCUT2D eigenvalue weighted by atomic mass is 10.1. The maximum atomic E-state index is 12.9. The van der Waals surface area contributed by atoms with Crippen molar-refractivity contribution in [1.29, 1.82) is 0 Å². The molecule has 1 aromatic carbocycles. The van der Waals surface area contributed by atoms with E-state index < -0.39 is 15.9 Å². The van der Waals surface area contributed by atoms with Crippen molar-refractivity contribution in [3.8, 4) is 11.3 Å². The van der Waals surface area contributed by atoms with Crippen LogP contribution < -0.4 is 5.32 Å². The Morgan fingerprint density at radius 3 is 2.52 bits per heavy atom. The highest BCUT2D eigenvalue weighted by Gasteiger charge is 2.28. The number of sulfonamides is 1. The van der Waals surface area contributed by atoms with Crippen LogP contribution in [-0.4, -0.2) is 41.4 Å². The zero-order chi connectivity index (χ0) is 22.0. The minimum atomic E-state index is -3.61. The molecule has 1 N–H and O–H groups in total. The first kappa shape index (κ1) is 21.3. The lowest BCUT2D eigenvalue weighted by Crippen LogP contribution is -2.35. The van der Waals surface area contributed by atoms with Gasteiger partial charge in [0.15, 0.2) is 0 Å². The first-order chi connectivity index (χ1) is 14.9. The summed E-state index contributed by atoms with van der Waals surface area (Å²) in [4.78, 5) is 12.9. The van der Waals surface area contributed by atoms with E-state index in [4.69, 9.17) is 4.52 Å². The van der Waals surface area contributed by atoms with Crippen LogP contribution in [0.3, 0.4) is 0 Å². The Morgan fingerprint density at radius 1 is 1.13 bits per heavy atom. The Hall–Kier alpha value is -2.91. The molecular weight excluding hydrogens is 416 g/mol. The van der Waals surface area contributed by atoms with Gasteiger partial charge >= 0.3 is 0 Å². The number of hydrogen-bond donors (Lipinski definition) is 1. The monoisotopic (exact) mass is 442 g/mol. The van der Waals surface area contributed by atoms with Crippen molar-refractivity contribution >= 4 is 21.8 Å². The molecule has 3 heterocycles. The number of anilines is 1.